The van der Waals surface area contributed by atoms with Gasteiger partial charge in [-0.05, 0) is 25.0 Å². The van der Waals surface area contributed by atoms with Crippen molar-refractivity contribution < 1.29 is 5.11 Å². The summed E-state index contributed by atoms with van der Waals surface area (Å²) in [5, 5.41) is 9.11. The van der Waals surface area contributed by atoms with Crippen LogP contribution in [-0.4, -0.2) is 23.2 Å². The molecule has 0 radical (unpaired) electrons. The van der Waals surface area contributed by atoms with Gasteiger partial charge in [0.25, 0.3) is 0 Å². The maximum atomic E-state index is 9.11. The Labute approximate surface area is 104 Å². The third kappa shape index (κ3) is 4.00. The highest BCUT2D eigenvalue weighted by Crippen LogP contribution is 2.16. The molecule has 1 aromatic heterocycles. The molecule has 0 atom stereocenters. The normalized spacial score (nSPS) is 10.9. The van der Waals surface area contributed by atoms with Gasteiger partial charge in [0.05, 0.1) is 12.3 Å². The van der Waals surface area contributed by atoms with E-state index >= 15 is 0 Å². The van der Waals surface area contributed by atoms with Gasteiger partial charge in [0.15, 0.2) is 0 Å². The number of nitrogens with zero attached hydrogens (tertiary/aromatic N) is 2. The average Bonchev–Trinajstić information content (AvgIpc) is 2.40. The molecule has 0 aliphatic heterocycles. The van der Waals surface area contributed by atoms with Crippen LogP contribution < -0.4 is 4.90 Å². The van der Waals surface area contributed by atoms with E-state index in [-0.39, 0.29) is 6.61 Å². The molecule has 3 nitrogen and oxygen atoms in total. The fourth-order valence-electron chi connectivity index (χ4n) is 1.97. The molecule has 1 heterocycles. The van der Waals surface area contributed by atoms with Crippen molar-refractivity contribution in [2.24, 2.45) is 5.92 Å². The summed E-state index contributed by atoms with van der Waals surface area (Å²) < 4.78 is 0. The Bertz CT molecular complexity index is 324. The number of hydrogen-bond donors (Lipinski definition) is 1. The number of aliphatic hydroxyl groups excluding tert-OH is 1. The molecule has 1 aromatic rings. The largest absolute Gasteiger partial charge is 0.390 e. The Morgan fingerprint density at radius 3 is 2.47 bits per heavy atom. The summed E-state index contributed by atoms with van der Waals surface area (Å²) in [6.45, 7) is 8.63. The minimum absolute atomic E-state index is 0.0103. The monoisotopic (exact) mass is 236 g/mol. The SMILES string of the molecule is CCC(CC)CN(CC)c1cccc(CO)n1. The van der Waals surface area contributed by atoms with Crippen LogP contribution in [0, 0.1) is 5.92 Å². The summed E-state index contributed by atoms with van der Waals surface area (Å²) in [4.78, 5) is 6.75. The van der Waals surface area contributed by atoms with Crippen molar-refractivity contribution in [3.8, 4) is 0 Å². The van der Waals surface area contributed by atoms with E-state index in [4.69, 9.17) is 5.11 Å². The van der Waals surface area contributed by atoms with Crippen LogP contribution in [0.25, 0.3) is 0 Å². The number of aromatic nitrogens is 1. The Hall–Kier alpha value is -1.09. The van der Waals surface area contributed by atoms with Gasteiger partial charge in [0.1, 0.15) is 5.82 Å². The molecule has 0 saturated carbocycles. The van der Waals surface area contributed by atoms with E-state index in [1.807, 2.05) is 18.2 Å². The summed E-state index contributed by atoms with van der Waals surface area (Å²) in [6, 6.07) is 5.84. The fourth-order valence-corrected chi connectivity index (χ4v) is 1.97. The van der Waals surface area contributed by atoms with Gasteiger partial charge in [0, 0.05) is 13.1 Å². The number of pyridine rings is 1. The molecule has 0 aliphatic rings. The average molecular weight is 236 g/mol. The predicted octanol–water partition coefficient (Wildman–Crippen LogP) is 2.84. The number of anilines is 1. The van der Waals surface area contributed by atoms with Crippen molar-refractivity contribution in [2.45, 2.75) is 40.2 Å². The Kier molecular flexibility index (Phi) is 5.98. The summed E-state index contributed by atoms with van der Waals surface area (Å²) >= 11 is 0. The molecule has 0 saturated heterocycles. The first-order chi connectivity index (χ1) is 8.24. The van der Waals surface area contributed by atoms with Gasteiger partial charge >= 0.3 is 0 Å². The lowest BCUT2D eigenvalue weighted by Gasteiger charge is -2.26. The standard InChI is InChI=1S/C14H24N2O/c1-4-12(5-2)10-16(6-3)14-9-7-8-13(11-17)15-14/h7-9,12,17H,4-6,10-11H2,1-3H3. The summed E-state index contributed by atoms with van der Waals surface area (Å²) in [6.07, 6.45) is 2.40. The molecule has 1 N–H and O–H groups in total. The Morgan fingerprint density at radius 1 is 1.24 bits per heavy atom. The minimum atomic E-state index is 0.0103. The van der Waals surface area contributed by atoms with Crippen molar-refractivity contribution in [1.29, 1.82) is 0 Å². The number of rotatable bonds is 7. The molecular weight excluding hydrogens is 212 g/mol. The van der Waals surface area contributed by atoms with Gasteiger partial charge in [-0.15, -0.1) is 0 Å². The lowest BCUT2D eigenvalue weighted by molar-refractivity contribution is 0.277. The van der Waals surface area contributed by atoms with Crippen molar-refractivity contribution in [1.82, 2.24) is 4.98 Å². The molecule has 17 heavy (non-hydrogen) atoms. The molecule has 0 bridgehead atoms. The highest BCUT2D eigenvalue weighted by molar-refractivity contribution is 5.39. The van der Waals surface area contributed by atoms with Crippen LogP contribution >= 0.6 is 0 Å². The maximum absolute atomic E-state index is 9.11. The van der Waals surface area contributed by atoms with Crippen LogP contribution in [0.2, 0.25) is 0 Å². The van der Waals surface area contributed by atoms with Gasteiger partial charge in [-0.25, -0.2) is 4.98 Å². The van der Waals surface area contributed by atoms with E-state index in [2.05, 4.69) is 30.7 Å². The highest BCUT2D eigenvalue weighted by atomic mass is 16.3. The van der Waals surface area contributed by atoms with Gasteiger partial charge in [0.2, 0.25) is 0 Å². The second kappa shape index (κ2) is 7.28. The molecule has 0 unspecified atom stereocenters. The second-order valence-electron chi connectivity index (χ2n) is 4.37. The minimum Gasteiger partial charge on any atom is -0.390 e. The van der Waals surface area contributed by atoms with Crippen molar-refractivity contribution in [3.63, 3.8) is 0 Å². The third-order valence-electron chi connectivity index (χ3n) is 3.29. The lowest BCUT2D eigenvalue weighted by Crippen LogP contribution is -2.29. The third-order valence-corrected chi connectivity index (χ3v) is 3.29. The molecule has 96 valence electrons. The van der Waals surface area contributed by atoms with Crippen LogP contribution in [0.1, 0.15) is 39.3 Å². The van der Waals surface area contributed by atoms with E-state index in [0.29, 0.717) is 0 Å². The zero-order valence-electron chi connectivity index (χ0n) is 11.2. The van der Waals surface area contributed by atoms with Crippen molar-refractivity contribution in [3.05, 3.63) is 23.9 Å². The first-order valence-electron chi connectivity index (χ1n) is 6.56. The van der Waals surface area contributed by atoms with Crippen molar-refractivity contribution in [2.75, 3.05) is 18.0 Å². The van der Waals surface area contributed by atoms with Gasteiger partial charge in [-0.1, -0.05) is 32.8 Å². The van der Waals surface area contributed by atoms with E-state index in [1.54, 1.807) is 0 Å². The maximum Gasteiger partial charge on any atom is 0.128 e. The van der Waals surface area contributed by atoms with Crippen LogP contribution in [0.4, 0.5) is 5.82 Å². The first kappa shape index (κ1) is 14.0. The quantitative estimate of drug-likeness (QED) is 0.791. The van der Waals surface area contributed by atoms with E-state index < -0.39 is 0 Å². The fraction of sp³-hybridized carbons (Fsp3) is 0.643. The van der Waals surface area contributed by atoms with E-state index in [9.17, 15) is 0 Å². The predicted molar refractivity (Wildman–Crippen MR) is 72.1 cm³/mol. The molecule has 0 aliphatic carbocycles. The van der Waals surface area contributed by atoms with Gasteiger partial charge in [-0.3, -0.25) is 0 Å². The first-order valence-corrected chi connectivity index (χ1v) is 6.56. The molecule has 0 aromatic carbocycles. The molecule has 0 amide bonds. The second-order valence-corrected chi connectivity index (χ2v) is 4.37. The smallest absolute Gasteiger partial charge is 0.128 e. The van der Waals surface area contributed by atoms with E-state index in [1.165, 1.54) is 12.8 Å². The Morgan fingerprint density at radius 2 is 1.94 bits per heavy atom. The zero-order valence-corrected chi connectivity index (χ0v) is 11.2. The molecular formula is C14H24N2O. The molecule has 0 spiro atoms. The highest BCUT2D eigenvalue weighted by Gasteiger charge is 2.11. The molecule has 0 fully saturated rings. The number of hydrogen-bond acceptors (Lipinski definition) is 3. The Balaban J connectivity index is 2.77. The molecule has 3 heteroatoms. The number of aliphatic hydroxyl groups is 1. The van der Waals surface area contributed by atoms with Crippen molar-refractivity contribution >= 4 is 5.82 Å². The van der Waals surface area contributed by atoms with Gasteiger partial charge < -0.3 is 10.0 Å². The summed E-state index contributed by atoms with van der Waals surface area (Å²) in [5.41, 5.74) is 0.741. The van der Waals surface area contributed by atoms with Crippen LogP contribution in [0.5, 0.6) is 0 Å². The van der Waals surface area contributed by atoms with Gasteiger partial charge in [-0.2, -0.15) is 0 Å². The van der Waals surface area contributed by atoms with Crippen LogP contribution in [0.3, 0.4) is 0 Å². The molecule has 1 rings (SSSR count). The summed E-state index contributed by atoms with van der Waals surface area (Å²) in [7, 11) is 0. The summed E-state index contributed by atoms with van der Waals surface area (Å²) in [5.74, 6) is 1.69. The van der Waals surface area contributed by atoms with Crippen LogP contribution in [-0.2, 0) is 6.61 Å². The zero-order chi connectivity index (χ0) is 12.7. The van der Waals surface area contributed by atoms with Crippen LogP contribution in [0.15, 0.2) is 18.2 Å². The van der Waals surface area contributed by atoms with E-state index in [0.717, 1.165) is 30.5 Å². The topological polar surface area (TPSA) is 36.4 Å². The lowest BCUT2D eigenvalue weighted by atomic mass is 10.0.